The van der Waals surface area contributed by atoms with E-state index in [1.807, 2.05) is 7.05 Å². The zero-order valence-electron chi connectivity index (χ0n) is 9.33. The van der Waals surface area contributed by atoms with E-state index in [2.05, 4.69) is 15.5 Å². The molecular weight excluding hydrogens is 206 g/mol. The molecule has 0 saturated heterocycles. The highest BCUT2D eigenvalue weighted by atomic mass is 32.1. The summed E-state index contributed by atoms with van der Waals surface area (Å²) in [5.41, 5.74) is 0. The van der Waals surface area contributed by atoms with Crippen LogP contribution in [0.15, 0.2) is 0 Å². The van der Waals surface area contributed by atoms with Crippen LogP contribution in [-0.2, 0) is 13.0 Å². The summed E-state index contributed by atoms with van der Waals surface area (Å²) >= 11 is 1.77. The first-order chi connectivity index (χ1) is 7.38. The molecule has 1 heterocycles. The highest BCUT2D eigenvalue weighted by Gasteiger charge is 2.16. The molecule has 0 bridgehead atoms. The van der Waals surface area contributed by atoms with Crippen LogP contribution in [0.1, 0.15) is 42.1 Å². The van der Waals surface area contributed by atoms with Gasteiger partial charge in [0.1, 0.15) is 10.0 Å². The van der Waals surface area contributed by atoms with Gasteiger partial charge in [-0.3, -0.25) is 0 Å². The molecular formula is C11H19N3S. The third-order valence-corrected chi connectivity index (χ3v) is 3.97. The average Bonchev–Trinajstić information content (AvgIpc) is 2.68. The van der Waals surface area contributed by atoms with Gasteiger partial charge in [-0.15, -0.1) is 21.5 Å². The van der Waals surface area contributed by atoms with Gasteiger partial charge in [0, 0.05) is 13.0 Å². The molecule has 1 aromatic heterocycles. The lowest BCUT2D eigenvalue weighted by Crippen LogP contribution is -2.08. The molecule has 3 nitrogen and oxygen atoms in total. The van der Waals surface area contributed by atoms with Gasteiger partial charge in [-0.25, -0.2) is 0 Å². The van der Waals surface area contributed by atoms with E-state index in [1.165, 1.54) is 37.1 Å². The Kier molecular flexibility index (Phi) is 4.09. The van der Waals surface area contributed by atoms with E-state index in [4.69, 9.17) is 0 Å². The zero-order chi connectivity index (χ0) is 10.5. The Hall–Kier alpha value is -0.480. The summed E-state index contributed by atoms with van der Waals surface area (Å²) in [4.78, 5) is 0. The molecule has 15 heavy (non-hydrogen) atoms. The number of hydrogen-bond acceptors (Lipinski definition) is 4. The summed E-state index contributed by atoms with van der Waals surface area (Å²) in [7, 11) is 1.95. The summed E-state index contributed by atoms with van der Waals surface area (Å²) in [5, 5.41) is 13.9. The monoisotopic (exact) mass is 225 g/mol. The van der Waals surface area contributed by atoms with Crippen LogP contribution in [0.25, 0.3) is 0 Å². The second-order valence-corrected chi connectivity index (χ2v) is 5.47. The molecule has 1 N–H and O–H groups in total. The summed E-state index contributed by atoms with van der Waals surface area (Å²) < 4.78 is 0. The summed E-state index contributed by atoms with van der Waals surface area (Å²) in [5.74, 6) is 0.870. The summed E-state index contributed by atoms with van der Waals surface area (Å²) in [6.07, 6.45) is 8.18. The van der Waals surface area contributed by atoms with Crippen LogP contribution >= 0.6 is 11.3 Å². The molecule has 4 heteroatoms. The van der Waals surface area contributed by atoms with Gasteiger partial charge in [0.05, 0.1) is 0 Å². The van der Waals surface area contributed by atoms with Gasteiger partial charge in [-0.2, -0.15) is 0 Å². The Morgan fingerprint density at radius 1 is 1.20 bits per heavy atom. The lowest BCUT2D eigenvalue weighted by atomic mass is 9.87. The Morgan fingerprint density at radius 2 is 1.93 bits per heavy atom. The van der Waals surface area contributed by atoms with Crippen molar-refractivity contribution in [1.29, 1.82) is 0 Å². The van der Waals surface area contributed by atoms with Crippen LogP contribution in [0.4, 0.5) is 0 Å². The molecule has 0 radical (unpaired) electrons. The second kappa shape index (κ2) is 5.56. The number of nitrogens with one attached hydrogen (secondary N) is 1. The Balaban J connectivity index is 1.86. The first-order valence-corrected chi connectivity index (χ1v) is 6.66. The molecule has 0 spiro atoms. The first-order valence-electron chi connectivity index (χ1n) is 5.84. The van der Waals surface area contributed by atoms with Crippen molar-refractivity contribution in [2.24, 2.45) is 5.92 Å². The fraction of sp³-hybridized carbons (Fsp3) is 0.818. The predicted octanol–water partition coefficient (Wildman–Crippen LogP) is 2.38. The SMILES string of the molecule is CNCc1nnc(CC2CCCCC2)s1. The van der Waals surface area contributed by atoms with E-state index in [1.54, 1.807) is 11.3 Å². The lowest BCUT2D eigenvalue weighted by molar-refractivity contribution is 0.356. The van der Waals surface area contributed by atoms with Crippen LogP contribution < -0.4 is 5.32 Å². The highest BCUT2D eigenvalue weighted by Crippen LogP contribution is 2.27. The molecule has 1 fully saturated rings. The topological polar surface area (TPSA) is 37.8 Å². The maximum Gasteiger partial charge on any atom is 0.131 e. The van der Waals surface area contributed by atoms with Crippen LogP contribution in [0.5, 0.6) is 0 Å². The Labute approximate surface area is 95.3 Å². The van der Waals surface area contributed by atoms with Crippen LogP contribution in [0, 0.1) is 5.92 Å². The van der Waals surface area contributed by atoms with E-state index >= 15 is 0 Å². The van der Waals surface area contributed by atoms with Crippen molar-refractivity contribution >= 4 is 11.3 Å². The average molecular weight is 225 g/mol. The molecule has 1 aromatic rings. The van der Waals surface area contributed by atoms with Crippen LogP contribution in [0.2, 0.25) is 0 Å². The van der Waals surface area contributed by atoms with Gasteiger partial charge in [-0.1, -0.05) is 32.1 Å². The molecule has 1 aliphatic rings. The minimum absolute atomic E-state index is 0.850. The van der Waals surface area contributed by atoms with Crippen molar-refractivity contribution in [3.63, 3.8) is 0 Å². The van der Waals surface area contributed by atoms with Crippen molar-refractivity contribution in [2.75, 3.05) is 7.05 Å². The van der Waals surface area contributed by atoms with E-state index in [9.17, 15) is 0 Å². The number of aromatic nitrogens is 2. The van der Waals surface area contributed by atoms with E-state index < -0.39 is 0 Å². The number of hydrogen-bond donors (Lipinski definition) is 1. The smallest absolute Gasteiger partial charge is 0.131 e. The van der Waals surface area contributed by atoms with Crippen molar-refractivity contribution in [2.45, 2.75) is 45.1 Å². The Morgan fingerprint density at radius 3 is 2.67 bits per heavy atom. The summed E-state index contributed by atoms with van der Waals surface area (Å²) in [6.45, 7) is 0.850. The maximum absolute atomic E-state index is 4.26. The normalized spacial score (nSPS) is 18.2. The standard InChI is InChI=1S/C11H19N3S/c1-12-8-11-14-13-10(15-11)7-9-5-3-2-4-6-9/h9,12H,2-8H2,1H3. The van der Waals surface area contributed by atoms with E-state index in [0.717, 1.165) is 23.9 Å². The second-order valence-electron chi connectivity index (χ2n) is 4.33. The quantitative estimate of drug-likeness (QED) is 0.855. The molecule has 84 valence electrons. The molecule has 1 saturated carbocycles. The number of nitrogens with zero attached hydrogens (tertiary/aromatic N) is 2. The molecule has 0 atom stereocenters. The third-order valence-electron chi connectivity index (χ3n) is 3.02. The van der Waals surface area contributed by atoms with Crippen molar-refractivity contribution < 1.29 is 0 Å². The molecule has 0 aromatic carbocycles. The number of rotatable bonds is 4. The lowest BCUT2D eigenvalue weighted by Gasteiger charge is -2.19. The summed E-state index contributed by atoms with van der Waals surface area (Å²) in [6, 6.07) is 0. The highest BCUT2D eigenvalue weighted by molar-refractivity contribution is 7.11. The van der Waals surface area contributed by atoms with Crippen molar-refractivity contribution in [3.8, 4) is 0 Å². The minimum atomic E-state index is 0.850. The minimum Gasteiger partial charge on any atom is -0.313 e. The van der Waals surface area contributed by atoms with Gasteiger partial charge in [0.25, 0.3) is 0 Å². The van der Waals surface area contributed by atoms with Gasteiger partial charge < -0.3 is 5.32 Å². The fourth-order valence-electron chi connectivity index (χ4n) is 2.23. The first kappa shape index (κ1) is 11.0. The largest absolute Gasteiger partial charge is 0.313 e. The van der Waals surface area contributed by atoms with Gasteiger partial charge >= 0.3 is 0 Å². The van der Waals surface area contributed by atoms with Crippen molar-refractivity contribution in [3.05, 3.63) is 10.0 Å². The molecule has 0 amide bonds. The van der Waals surface area contributed by atoms with Gasteiger partial charge in [-0.05, 0) is 13.0 Å². The van der Waals surface area contributed by atoms with Crippen LogP contribution in [-0.4, -0.2) is 17.2 Å². The predicted molar refractivity (Wildman–Crippen MR) is 63.0 cm³/mol. The van der Waals surface area contributed by atoms with E-state index in [0.29, 0.717) is 0 Å². The molecule has 2 rings (SSSR count). The van der Waals surface area contributed by atoms with Crippen molar-refractivity contribution in [1.82, 2.24) is 15.5 Å². The van der Waals surface area contributed by atoms with Crippen LogP contribution in [0.3, 0.4) is 0 Å². The van der Waals surface area contributed by atoms with E-state index in [-0.39, 0.29) is 0 Å². The Bertz CT molecular complexity index is 292. The molecule has 1 aliphatic carbocycles. The van der Waals surface area contributed by atoms with Gasteiger partial charge in [0.15, 0.2) is 0 Å². The zero-order valence-corrected chi connectivity index (χ0v) is 10.1. The molecule has 0 unspecified atom stereocenters. The molecule has 0 aliphatic heterocycles. The maximum atomic E-state index is 4.26. The third kappa shape index (κ3) is 3.24. The van der Waals surface area contributed by atoms with Gasteiger partial charge in [0.2, 0.25) is 0 Å². The fourth-order valence-corrected chi connectivity index (χ4v) is 3.20.